The molecule has 2 heterocycles. The Bertz CT molecular complexity index is 866. The predicted molar refractivity (Wildman–Crippen MR) is 102 cm³/mol. The highest BCUT2D eigenvalue weighted by Gasteiger charge is 2.33. The van der Waals surface area contributed by atoms with Gasteiger partial charge in [-0.1, -0.05) is 30.0 Å². The quantitative estimate of drug-likeness (QED) is 0.465. The number of esters is 1. The molecule has 1 fully saturated rings. The Morgan fingerprint density at radius 1 is 1.32 bits per heavy atom. The smallest absolute Gasteiger partial charge is 0.338 e. The Morgan fingerprint density at radius 2 is 2.08 bits per heavy atom. The highest BCUT2D eigenvalue weighted by Crippen LogP contribution is 2.36. The van der Waals surface area contributed by atoms with Crippen LogP contribution in [0.25, 0.3) is 6.08 Å². The topological polar surface area (TPSA) is 59.5 Å². The molecule has 0 N–H and O–H groups in total. The van der Waals surface area contributed by atoms with Gasteiger partial charge in [-0.2, -0.15) is 0 Å². The van der Waals surface area contributed by atoms with Crippen molar-refractivity contribution in [3.05, 3.63) is 64.8 Å². The number of carbonyl (C=O) groups is 2. The summed E-state index contributed by atoms with van der Waals surface area (Å²) >= 11 is 6.58. The van der Waals surface area contributed by atoms with Crippen LogP contribution < -0.4 is 4.90 Å². The number of pyridine rings is 1. The molecule has 1 aromatic carbocycles. The van der Waals surface area contributed by atoms with Crippen molar-refractivity contribution in [2.24, 2.45) is 0 Å². The van der Waals surface area contributed by atoms with Gasteiger partial charge in [0, 0.05) is 12.4 Å². The molecule has 0 radical (unpaired) electrons. The summed E-state index contributed by atoms with van der Waals surface area (Å²) in [6.45, 7) is 2.03. The fourth-order valence-electron chi connectivity index (χ4n) is 2.29. The van der Waals surface area contributed by atoms with E-state index in [0.29, 0.717) is 27.1 Å². The first-order valence-corrected chi connectivity index (χ1v) is 8.78. The maximum Gasteiger partial charge on any atom is 0.338 e. The van der Waals surface area contributed by atoms with E-state index in [1.807, 2.05) is 12.1 Å². The molecule has 1 aliphatic rings. The average Bonchev–Trinajstić information content (AvgIpc) is 2.90. The van der Waals surface area contributed by atoms with Crippen molar-refractivity contribution in [1.29, 1.82) is 0 Å². The summed E-state index contributed by atoms with van der Waals surface area (Å²) in [5.74, 6) is -0.644. The fraction of sp³-hybridized carbons (Fsp3) is 0.111. The third-order valence-electron chi connectivity index (χ3n) is 3.41. The van der Waals surface area contributed by atoms with Crippen molar-refractivity contribution < 1.29 is 14.3 Å². The Kier molecular flexibility index (Phi) is 5.25. The zero-order valence-corrected chi connectivity index (χ0v) is 15.0. The van der Waals surface area contributed by atoms with Crippen molar-refractivity contribution in [1.82, 2.24) is 4.98 Å². The summed E-state index contributed by atoms with van der Waals surface area (Å²) in [6, 6.07) is 10.3. The lowest BCUT2D eigenvalue weighted by Crippen LogP contribution is -2.27. The Morgan fingerprint density at radius 3 is 2.80 bits per heavy atom. The molecule has 0 aliphatic carbocycles. The van der Waals surface area contributed by atoms with Crippen LogP contribution in [0.15, 0.2) is 53.7 Å². The van der Waals surface area contributed by atoms with Crippen molar-refractivity contribution in [2.45, 2.75) is 6.92 Å². The van der Waals surface area contributed by atoms with E-state index in [2.05, 4.69) is 4.98 Å². The average molecular weight is 370 g/mol. The molecule has 0 bridgehead atoms. The van der Waals surface area contributed by atoms with E-state index in [1.54, 1.807) is 49.7 Å². The van der Waals surface area contributed by atoms with Crippen LogP contribution in [0.1, 0.15) is 22.8 Å². The number of hydrogen-bond acceptors (Lipinski definition) is 6. The predicted octanol–water partition coefficient (Wildman–Crippen LogP) is 3.66. The summed E-state index contributed by atoms with van der Waals surface area (Å²) in [5, 5.41) is 0. The number of anilines is 1. The van der Waals surface area contributed by atoms with Gasteiger partial charge in [0.1, 0.15) is 0 Å². The first-order chi connectivity index (χ1) is 12.1. The van der Waals surface area contributed by atoms with E-state index in [9.17, 15) is 9.59 Å². The number of aromatic nitrogens is 1. The lowest BCUT2D eigenvalue weighted by molar-refractivity contribution is -0.113. The van der Waals surface area contributed by atoms with E-state index in [4.69, 9.17) is 17.0 Å². The molecule has 7 heteroatoms. The van der Waals surface area contributed by atoms with Gasteiger partial charge in [-0.25, -0.2) is 4.79 Å². The molecule has 0 saturated carbocycles. The molecule has 0 unspecified atom stereocenters. The number of rotatable bonds is 4. The van der Waals surface area contributed by atoms with Crippen molar-refractivity contribution in [3.63, 3.8) is 0 Å². The molecule has 126 valence electrons. The largest absolute Gasteiger partial charge is 0.462 e. The van der Waals surface area contributed by atoms with Gasteiger partial charge in [0.25, 0.3) is 5.91 Å². The van der Waals surface area contributed by atoms with Gasteiger partial charge in [0.2, 0.25) is 0 Å². The van der Waals surface area contributed by atoms with E-state index >= 15 is 0 Å². The van der Waals surface area contributed by atoms with Crippen LogP contribution in [0.4, 0.5) is 5.69 Å². The first-order valence-electron chi connectivity index (χ1n) is 7.55. The molecule has 0 atom stereocenters. The molecule has 1 amide bonds. The SMILES string of the molecule is CCOC(=O)c1cccc(N2C(=O)/C(=C\c3ccncc3)SC2=S)c1. The van der Waals surface area contributed by atoms with Crippen LogP contribution in [0, 0.1) is 0 Å². The normalized spacial score (nSPS) is 15.7. The summed E-state index contributed by atoms with van der Waals surface area (Å²) in [4.78, 5) is 30.6. The van der Waals surface area contributed by atoms with Crippen LogP contribution in [-0.2, 0) is 9.53 Å². The van der Waals surface area contributed by atoms with Gasteiger partial charge >= 0.3 is 5.97 Å². The Balaban J connectivity index is 1.90. The molecule has 1 aromatic heterocycles. The van der Waals surface area contributed by atoms with Gasteiger partial charge in [-0.3, -0.25) is 14.7 Å². The molecular weight excluding hydrogens is 356 g/mol. The third-order valence-corrected chi connectivity index (χ3v) is 4.72. The minimum Gasteiger partial charge on any atom is -0.462 e. The summed E-state index contributed by atoms with van der Waals surface area (Å²) in [6.07, 6.45) is 5.10. The Labute approximate surface area is 154 Å². The number of hydrogen-bond donors (Lipinski definition) is 0. The van der Waals surface area contributed by atoms with E-state index in [1.165, 1.54) is 16.7 Å². The molecule has 0 spiro atoms. The van der Waals surface area contributed by atoms with Crippen molar-refractivity contribution in [3.8, 4) is 0 Å². The number of nitrogens with zero attached hydrogens (tertiary/aromatic N) is 2. The number of thiocarbonyl (C=S) groups is 1. The number of thioether (sulfide) groups is 1. The van der Waals surface area contributed by atoms with Gasteiger partial charge in [-0.05, 0) is 48.9 Å². The van der Waals surface area contributed by atoms with Gasteiger partial charge < -0.3 is 4.74 Å². The summed E-state index contributed by atoms with van der Waals surface area (Å²) in [7, 11) is 0. The zero-order valence-electron chi connectivity index (χ0n) is 13.3. The summed E-state index contributed by atoms with van der Waals surface area (Å²) in [5.41, 5.74) is 1.80. The highest BCUT2D eigenvalue weighted by molar-refractivity contribution is 8.27. The Hall–Kier alpha value is -2.51. The second kappa shape index (κ2) is 7.58. The van der Waals surface area contributed by atoms with Gasteiger partial charge in [0.05, 0.1) is 22.8 Å². The van der Waals surface area contributed by atoms with Gasteiger partial charge in [-0.15, -0.1) is 0 Å². The van der Waals surface area contributed by atoms with E-state index in [-0.39, 0.29) is 5.91 Å². The molecule has 2 aromatic rings. The number of carbonyl (C=O) groups excluding carboxylic acids is 2. The minimum absolute atomic E-state index is 0.215. The lowest BCUT2D eigenvalue weighted by atomic mass is 10.2. The minimum atomic E-state index is -0.429. The molecule has 5 nitrogen and oxygen atoms in total. The molecular formula is C18H14N2O3S2. The van der Waals surface area contributed by atoms with Crippen LogP contribution in [-0.4, -0.2) is 27.8 Å². The second-order valence-electron chi connectivity index (χ2n) is 5.07. The monoisotopic (exact) mass is 370 g/mol. The van der Waals surface area contributed by atoms with Gasteiger partial charge in [0.15, 0.2) is 4.32 Å². The molecule has 25 heavy (non-hydrogen) atoms. The number of benzene rings is 1. The number of amides is 1. The van der Waals surface area contributed by atoms with Crippen molar-refractivity contribution in [2.75, 3.05) is 11.5 Å². The standard InChI is InChI=1S/C18H14N2O3S2/c1-2-23-17(22)13-4-3-5-14(11-13)20-16(21)15(25-18(20)24)10-12-6-8-19-9-7-12/h3-11H,2H2,1H3/b15-10+. The van der Waals surface area contributed by atoms with E-state index in [0.717, 1.165) is 5.56 Å². The molecule has 1 aliphatic heterocycles. The fourth-order valence-corrected chi connectivity index (χ4v) is 3.59. The second-order valence-corrected chi connectivity index (χ2v) is 6.74. The van der Waals surface area contributed by atoms with Crippen LogP contribution in [0.2, 0.25) is 0 Å². The van der Waals surface area contributed by atoms with Crippen LogP contribution in [0.5, 0.6) is 0 Å². The van der Waals surface area contributed by atoms with Crippen LogP contribution in [0.3, 0.4) is 0 Å². The molecule has 1 saturated heterocycles. The highest BCUT2D eigenvalue weighted by atomic mass is 32.2. The van der Waals surface area contributed by atoms with E-state index < -0.39 is 5.97 Å². The zero-order chi connectivity index (χ0) is 17.8. The number of ether oxygens (including phenoxy) is 1. The summed E-state index contributed by atoms with van der Waals surface area (Å²) < 4.78 is 5.42. The lowest BCUT2D eigenvalue weighted by Gasteiger charge is -2.15. The maximum atomic E-state index is 12.7. The van der Waals surface area contributed by atoms with Crippen LogP contribution >= 0.6 is 24.0 Å². The third kappa shape index (κ3) is 3.78. The van der Waals surface area contributed by atoms with Crippen molar-refractivity contribution >= 4 is 51.9 Å². The maximum absolute atomic E-state index is 12.7. The molecule has 3 rings (SSSR count). The first kappa shape index (κ1) is 17.3.